The minimum absolute atomic E-state index is 0. The van der Waals surface area contributed by atoms with Gasteiger partial charge in [-0.15, -0.1) is 0 Å². The van der Waals surface area contributed by atoms with Crippen LogP contribution in [0, 0.1) is 41.7 Å². The summed E-state index contributed by atoms with van der Waals surface area (Å²) in [6.45, 7) is 0. The van der Waals surface area contributed by atoms with E-state index >= 15 is 0 Å². The minimum atomic E-state index is -0.169. The predicted molar refractivity (Wildman–Crippen MR) is 212 cm³/mol. The van der Waals surface area contributed by atoms with Crippen LogP contribution in [0.25, 0.3) is 0 Å². The number of aliphatic imine (C=N–C) groups is 4. The third kappa shape index (κ3) is 12.2. The van der Waals surface area contributed by atoms with Gasteiger partial charge in [0.1, 0.15) is 23.0 Å². The second-order valence-electron chi connectivity index (χ2n) is 13.5. The fraction of sp³-hybridized carbons (Fsp3) is 0.364. The third-order valence-corrected chi connectivity index (χ3v) is 9.93. The first-order valence-electron chi connectivity index (χ1n) is 18.8. The van der Waals surface area contributed by atoms with E-state index in [4.69, 9.17) is 18.9 Å². The molecule has 4 atom stereocenters. The Bertz CT molecular complexity index is 1730. The Morgan fingerprint density at radius 1 is 0.404 bits per heavy atom. The average molecular weight is 901 g/mol. The van der Waals surface area contributed by atoms with Crippen molar-refractivity contribution in [1.82, 2.24) is 0 Å². The predicted octanol–water partition coefficient (Wildman–Crippen LogP) is 5.40. The smallest absolute Gasteiger partial charge is 0.870 e. The van der Waals surface area contributed by atoms with Crippen LogP contribution in [0.5, 0.6) is 46.0 Å². The maximum absolute atomic E-state index is 12.3. The summed E-state index contributed by atoms with van der Waals surface area (Å²) >= 11 is 0. The number of hydrogen-bond acceptors (Lipinski definition) is 12. The summed E-state index contributed by atoms with van der Waals surface area (Å²) in [5.74, 6) is 0.556. The van der Waals surface area contributed by atoms with Gasteiger partial charge in [0.2, 0.25) is 0 Å². The van der Waals surface area contributed by atoms with E-state index < -0.39 is 0 Å². The summed E-state index contributed by atoms with van der Waals surface area (Å²) in [4.78, 5) is 18.6. The molecule has 0 aliphatic heterocycles. The molecule has 0 radical (unpaired) electrons. The van der Waals surface area contributed by atoms with Gasteiger partial charge in [0.15, 0.2) is 0 Å². The van der Waals surface area contributed by atoms with Crippen LogP contribution in [0.3, 0.4) is 0 Å². The summed E-state index contributed by atoms with van der Waals surface area (Å²) in [5.41, 5.74) is 2.01. The number of ether oxygens (including phenoxy) is 4. The molecule has 296 valence electrons. The molecule has 4 aromatic rings. The van der Waals surface area contributed by atoms with Crippen LogP contribution in [0.15, 0.2) is 92.8 Å². The molecule has 2 fully saturated rings. The van der Waals surface area contributed by atoms with E-state index in [9.17, 15) is 20.4 Å². The molecule has 57 heavy (non-hydrogen) atoms. The van der Waals surface area contributed by atoms with Crippen LogP contribution in [0.4, 0.5) is 0 Å². The fourth-order valence-corrected chi connectivity index (χ4v) is 6.76. The van der Waals surface area contributed by atoms with Crippen LogP contribution in [0.1, 0.15) is 73.6 Å². The van der Waals surface area contributed by atoms with Gasteiger partial charge in [0, 0.05) is 24.9 Å². The normalized spacial score (nSPS) is 19.6. The second kappa shape index (κ2) is 22.9. The molecule has 2 aliphatic rings. The Labute approximate surface area is 368 Å². The van der Waals surface area contributed by atoms with Crippen molar-refractivity contribution >= 4 is 24.9 Å². The fourth-order valence-electron chi connectivity index (χ4n) is 6.76. The molecule has 12 nitrogen and oxygen atoms in total. The maximum atomic E-state index is 12.3. The molecule has 0 amide bonds. The van der Waals surface area contributed by atoms with E-state index in [0.29, 0.717) is 45.3 Å². The van der Waals surface area contributed by atoms with Gasteiger partial charge in [0.05, 0.1) is 52.6 Å². The van der Waals surface area contributed by atoms with Gasteiger partial charge < -0.3 is 39.4 Å². The first kappa shape index (κ1) is 45.0. The zero-order chi connectivity index (χ0) is 39.9. The van der Waals surface area contributed by atoms with Crippen LogP contribution in [0.2, 0.25) is 0 Å². The Balaban J connectivity index is 0.000000248. The van der Waals surface area contributed by atoms with E-state index in [-0.39, 0.29) is 88.9 Å². The van der Waals surface area contributed by atoms with Gasteiger partial charge in [-0.1, -0.05) is 97.2 Å². The zero-order valence-corrected chi connectivity index (χ0v) is 35.9. The van der Waals surface area contributed by atoms with Gasteiger partial charge in [-0.05, 0) is 72.2 Å². The summed E-state index contributed by atoms with van der Waals surface area (Å²) < 4.78 is 20.3. The van der Waals surface area contributed by atoms with E-state index in [1.807, 2.05) is 0 Å². The Morgan fingerprint density at radius 3 is 0.807 bits per heavy atom. The third-order valence-electron chi connectivity index (χ3n) is 9.93. The quantitative estimate of drug-likeness (QED) is 0.170. The molecule has 4 aromatic carbocycles. The summed E-state index contributed by atoms with van der Waals surface area (Å²) in [5, 5.41) is 49.1. The first-order chi connectivity index (χ1) is 27.3. The summed E-state index contributed by atoms with van der Waals surface area (Å²) in [7, 11) is 5.91. The number of methoxy groups -OCH3 is 4. The van der Waals surface area contributed by atoms with Gasteiger partial charge >= 0.3 is 41.7 Å². The Hall–Kier alpha value is -4.66. The molecule has 2 aliphatic carbocycles. The number of hydrogen-bond donors (Lipinski definition) is 0. The van der Waals surface area contributed by atoms with Crippen LogP contribution in [-0.4, -0.2) is 77.5 Å². The summed E-state index contributed by atoms with van der Waals surface area (Å²) in [6, 6.07) is 20.5. The minimum Gasteiger partial charge on any atom is -0.870 e. The molecule has 6 rings (SSSR count). The average Bonchev–Trinajstić information content (AvgIpc) is 3.23. The van der Waals surface area contributed by atoms with Gasteiger partial charge in [-0.3, -0.25) is 20.0 Å². The standard InChI is InChI=1S/2C22H26N2O4.Ce/c2*1-27-19-11-5-7-15(21(19)25)13-23-17-9-3-4-10-18(17)24-14-16-8-6-12-20(28-2)22(16)26;/h2*5-8,11-14,17-18,25-26H,3-4,9-10H2,1-2H3;/q;;+4/p-4/t2*17-,18-;/m11./s1. The molecule has 0 heterocycles. The second-order valence-corrected chi connectivity index (χ2v) is 13.5. The van der Waals surface area contributed by atoms with Gasteiger partial charge in [0.25, 0.3) is 0 Å². The molecule has 0 spiro atoms. The molecule has 2 saturated carbocycles. The van der Waals surface area contributed by atoms with E-state index in [2.05, 4.69) is 20.0 Å². The number of rotatable bonds is 12. The van der Waals surface area contributed by atoms with E-state index in [1.165, 1.54) is 28.4 Å². The van der Waals surface area contributed by atoms with Crippen molar-refractivity contribution in [1.29, 1.82) is 0 Å². The van der Waals surface area contributed by atoms with Crippen molar-refractivity contribution in [2.45, 2.75) is 75.5 Å². The number of para-hydroxylation sites is 4. The van der Waals surface area contributed by atoms with Crippen molar-refractivity contribution in [2.24, 2.45) is 20.0 Å². The molecule has 0 saturated heterocycles. The molecular formula is C44H48CeN4O8. The van der Waals surface area contributed by atoms with Crippen LogP contribution < -0.4 is 39.4 Å². The first-order valence-corrected chi connectivity index (χ1v) is 18.8. The van der Waals surface area contributed by atoms with E-state index in [0.717, 1.165) is 51.4 Å². The maximum Gasteiger partial charge on any atom is 4.00 e. The monoisotopic (exact) mass is 900 g/mol. The molecule has 0 N–H and O–H groups in total. The molecule has 0 unspecified atom stereocenters. The molecule has 0 aromatic heterocycles. The Kier molecular flexibility index (Phi) is 18.1. The molecule has 13 heteroatoms. The van der Waals surface area contributed by atoms with Crippen molar-refractivity contribution in [3.05, 3.63) is 95.1 Å². The molecular weight excluding hydrogens is 853 g/mol. The zero-order valence-electron chi connectivity index (χ0n) is 32.8. The van der Waals surface area contributed by atoms with Crippen molar-refractivity contribution in [3.8, 4) is 46.0 Å². The van der Waals surface area contributed by atoms with Crippen LogP contribution >= 0.6 is 0 Å². The number of nitrogens with zero attached hydrogens (tertiary/aromatic N) is 4. The van der Waals surface area contributed by atoms with E-state index in [1.54, 1.807) is 97.7 Å². The topological polar surface area (TPSA) is 179 Å². The van der Waals surface area contributed by atoms with Crippen molar-refractivity contribution in [3.63, 3.8) is 0 Å². The largest absolute Gasteiger partial charge is 4.00 e. The van der Waals surface area contributed by atoms with Crippen LogP contribution in [-0.2, 0) is 0 Å². The summed E-state index contributed by atoms with van der Waals surface area (Å²) in [6.07, 6.45) is 14.4. The Morgan fingerprint density at radius 2 is 0.614 bits per heavy atom. The SMILES string of the molecule is COc1cccc(C=N[C@@H]2CCCC[C@H]2N=Cc2cccc(OC)c2[O-])c1[O-].COc1cccc(C=N[C@@H]2CCCC[C@H]2N=Cc2cccc(OC)c2[O-])c1[O-].[Ce+4]. The molecule has 0 bridgehead atoms. The number of benzene rings is 4. The van der Waals surface area contributed by atoms with Gasteiger partial charge in [-0.2, -0.15) is 0 Å². The van der Waals surface area contributed by atoms with Crippen molar-refractivity contribution < 1.29 is 81.1 Å². The van der Waals surface area contributed by atoms with Gasteiger partial charge in [-0.25, -0.2) is 0 Å². The van der Waals surface area contributed by atoms with Crippen molar-refractivity contribution in [2.75, 3.05) is 28.4 Å².